The van der Waals surface area contributed by atoms with Crippen molar-refractivity contribution < 1.29 is 9.53 Å². The van der Waals surface area contributed by atoms with Crippen LogP contribution in [0.5, 0.6) is 0 Å². The van der Waals surface area contributed by atoms with Gasteiger partial charge < -0.3 is 15.8 Å². The maximum atomic E-state index is 11.5. The predicted octanol–water partition coefficient (Wildman–Crippen LogP) is 2.19. The van der Waals surface area contributed by atoms with E-state index in [1.807, 2.05) is 6.07 Å². The topological polar surface area (TPSA) is 77.2 Å². The van der Waals surface area contributed by atoms with Gasteiger partial charge in [-0.3, -0.25) is 0 Å². The quantitative estimate of drug-likeness (QED) is 0.807. The highest BCUT2D eigenvalue weighted by atomic mass is 16.5. The van der Waals surface area contributed by atoms with Gasteiger partial charge in [-0.2, -0.15) is 0 Å². The molecule has 1 unspecified atom stereocenters. The molecule has 1 fully saturated rings. The number of anilines is 1. The van der Waals surface area contributed by atoms with Gasteiger partial charge in [-0.1, -0.05) is 19.3 Å². The number of pyridine rings is 1. The number of methoxy groups -OCH3 is 1. The minimum Gasteiger partial charge on any atom is -0.464 e. The van der Waals surface area contributed by atoms with Gasteiger partial charge in [0.2, 0.25) is 0 Å². The molecule has 1 atom stereocenters. The van der Waals surface area contributed by atoms with Gasteiger partial charge in [-0.05, 0) is 30.9 Å². The number of carbonyl (C=O) groups is 1. The van der Waals surface area contributed by atoms with E-state index in [1.54, 1.807) is 12.3 Å². The van der Waals surface area contributed by atoms with E-state index in [1.165, 1.54) is 39.2 Å². The first kappa shape index (κ1) is 14.8. The third-order valence-electron chi connectivity index (χ3n) is 3.98. The Morgan fingerprint density at radius 2 is 2.25 bits per heavy atom. The minimum atomic E-state index is -0.421. The molecule has 110 valence electrons. The lowest BCUT2D eigenvalue weighted by Gasteiger charge is -2.30. The molecule has 1 aliphatic rings. The molecule has 0 aromatic carbocycles. The molecule has 0 spiro atoms. The lowest BCUT2D eigenvalue weighted by Crippen LogP contribution is -2.37. The number of nitrogens with one attached hydrogen (secondary N) is 1. The van der Waals surface area contributed by atoms with Crippen molar-refractivity contribution in [1.82, 2.24) is 4.98 Å². The molecule has 1 aromatic heterocycles. The number of nitrogens with two attached hydrogens (primary N) is 1. The molecular formula is C15H23N3O2. The van der Waals surface area contributed by atoms with E-state index in [9.17, 15) is 4.79 Å². The third-order valence-corrected chi connectivity index (χ3v) is 3.98. The summed E-state index contributed by atoms with van der Waals surface area (Å²) in [6.45, 7) is 0.598. The SMILES string of the molecule is COC(=O)c1cc(NC(CN)C2CCCCC2)ccn1. The summed E-state index contributed by atoms with van der Waals surface area (Å²) in [7, 11) is 1.36. The van der Waals surface area contributed by atoms with Crippen LogP contribution in [0.1, 0.15) is 42.6 Å². The molecule has 0 amide bonds. The van der Waals surface area contributed by atoms with Crippen LogP contribution in [-0.2, 0) is 4.74 Å². The van der Waals surface area contributed by atoms with Crippen LogP contribution in [0.4, 0.5) is 5.69 Å². The molecule has 0 aliphatic heterocycles. The summed E-state index contributed by atoms with van der Waals surface area (Å²) in [4.78, 5) is 15.5. The molecule has 1 aliphatic carbocycles. The summed E-state index contributed by atoms with van der Waals surface area (Å²) < 4.78 is 4.68. The number of carbonyl (C=O) groups excluding carboxylic acids is 1. The van der Waals surface area contributed by atoms with E-state index in [0.29, 0.717) is 18.2 Å². The number of rotatable bonds is 5. The normalized spacial score (nSPS) is 17.5. The van der Waals surface area contributed by atoms with E-state index in [4.69, 9.17) is 5.73 Å². The number of nitrogens with zero attached hydrogens (tertiary/aromatic N) is 1. The predicted molar refractivity (Wildman–Crippen MR) is 78.6 cm³/mol. The van der Waals surface area contributed by atoms with Gasteiger partial charge in [0.05, 0.1) is 7.11 Å². The number of esters is 1. The van der Waals surface area contributed by atoms with Gasteiger partial charge in [0.1, 0.15) is 5.69 Å². The summed E-state index contributed by atoms with van der Waals surface area (Å²) in [5.41, 5.74) is 7.10. The van der Waals surface area contributed by atoms with Gasteiger partial charge >= 0.3 is 5.97 Å². The first-order valence-electron chi connectivity index (χ1n) is 7.25. The second-order valence-electron chi connectivity index (χ2n) is 5.31. The molecule has 0 saturated heterocycles. The van der Waals surface area contributed by atoms with Crippen LogP contribution in [0.2, 0.25) is 0 Å². The maximum Gasteiger partial charge on any atom is 0.356 e. The Balaban J connectivity index is 2.05. The lowest BCUT2D eigenvalue weighted by atomic mass is 9.84. The summed E-state index contributed by atoms with van der Waals surface area (Å²) in [6.07, 6.45) is 7.96. The van der Waals surface area contributed by atoms with E-state index in [-0.39, 0.29) is 6.04 Å². The Morgan fingerprint density at radius 1 is 1.50 bits per heavy atom. The monoisotopic (exact) mass is 277 g/mol. The van der Waals surface area contributed by atoms with Crippen LogP contribution >= 0.6 is 0 Å². The zero-order valence-electron chi connectivity index (χ0n) is 12.0. The van der Waals surface area contributed by atoms with Crippen LogP contribution in [-0.4, -0.2) is 30.6 Å². The second-order valence-corrected chi connectivity index (χ2v) is 5.31. The molecule has 2 rings (SSSR count). The van der Waals surface area contributed by atoms with Crippen molar-refractivity contribution in [3.8, 4) is 0 Å². The van der Waals surface area contributed by atoms with Gasteiger partial charge in [0, 0.05) is 24.5 Å². The largest absolute Gasteiger partial charge is 0.464 e. The fourth-order valence-electron chi connectivity index (χ4n) is 2.86. The van der Waals surface area contributed by atoms with Crippen molar-refractivity contribution in [2.45, 2.75) is 38.1 Å². The van der Waals surface area contributed by atoms with Crippen molar-refractivity contribution in [3.63, 3.8) is 0 Å². The molecular weight excluding hydrogens is 254 g/mol. The number of ether oxygens (including phenoxy) is 1. The average Bonchev–Trinajstić information content (AvgIpc) is 2.53. The summed E-state index contributed by atoms with van der Waals surface area (Å²) in [6, 6.07) is 3.83. The second kappa shape index (κ2) is 7.24. The molecule has 1 saturated carbocycles. The Hall–Kier alpha value is -1.62. The number of hydrogen-bond acceptors (Lipinski definition) is 5. The third kappa shape index (κ3) is 3.70. The molecule has 5 heteroatoms. The Labute approximate surface area is 119 Å². The Bertz CT molecular complexity index is 444. The van der Waals surface area contributed by atoms with Crippen LogP contribution in [0, 0.1) is 5.92 Å². The van der Waals surface area contributed by atoms with Crippen LogP contribution in [0.3, 0.4) is 0 Å². The molecule has 5 nitrogen and oxygen atoms in total. The van der Waals surface area contributed by atoms with Crippen LogP contribution in [0.25, 0.3) is 0 Å². The first-order chi connectivity index (χ1) is 9.74. The molecule has 1 aromatic rings. The highest BCUT2D eigenvalue weighted by Crippen LogP contribution is 2.28. The standard InChI is InChI=1S/C15H23N3O2/c1-20-15(19)13-9-12(7-8-17-13)18-14(10-16)11-5-3-2-4-6-11/h7-9,11,14H,2-6,10,16H2,1H3,(H,17,18). The molecule has 0 radical (unpaired) electrons. The first-order valence-corrected chi connectivity index (χ1v) is 7.25. The lowest BCUT2D eigenvalue weighted by molar-refractivity contribution is 0.0594. The molecule has 1 heterocycles. The van der Waals surface area contributed by atoms with Crippen LogP contribution in [0.15, 0.2) is 18.3 Å². The van der Waals surface area contributed by atoms with Crippen molar-refractivity contribution in [2.24, 2.45) is 11.7 Å². The molecule has 0 bridgehead atoms. The van der Waals surface area contributed by atoms with Gasteiger partial charge in [-0.15, -0.1) is 0 Å². The zero-order chi connectivity index (χ0) is 14.4. The number of hydrogen-bond donors (Lipinski definition) is 2. The molecule has 20 heavy (non-hydrogen) atoms. The smallest absolute Gasteiger partial charge is 0.356 e. The summed E-state index contributed by atoms with van der Waals surface area (Å²) in [5, 5.41) is 3.44. The zero-order valence-corrected chi connectivity index (χ0v) is 12.0. The fraction of sp³-hybridized carbons (Fsp3) is 0.600. The maximum absolute atomic E-state index is 11.5. The van der Waals surface area contributed by atoms with Crippen molar-refractivity contribution in [2.75, 3.05) is 19.0 Å². The summed E-state index contributed by atoms with van der Waals surface area (Å²) in [5.74, 6) is 0.194. The van der Waals surface area contributed by atoms with Crippen molar-refractivity contribution in [3.05, 3.63) is 24.0 Å². The fourth-order valence-corrected chi connectivity index (χ4v) is 2.86. The Morgan fingerprint density at radius 3 is 2.90 bits per heavy atom. The summed E-state index contributed by atoms with van der Waals surface area (Å²) >= 11 is 0. The van der Waals surface area contributed by atoms with Crippen LogP contribution < -0.4 is 11.1 Å². The highest BCUT2D eigenvalue weighted by molar-refractivity contribution is 5.88. The van der Waals surface area contributed by atoms with E-state index in [2.05, 4.69) is 15.0 Å². The average molecular weight is 277 g/mol. The van der Waals surface area contributed by atoms with Crippen molar-refractivity contribution in [1.29, 1.82) is 0 Å². The number of aromatic nitrogens is 1. The van der Waals surface area contributed by atoms with Gasteiger partial charge in [-0.25, -0.2) is 9.78 Å². The van der Waals surface area contributed by atoms with Gasteiger partial charge in [0.25, 0.3) is 0 Å². The minimum absolute atomic E-state index is 0.253. The van der Waals surface area contributed by atoms with Gasteiger partial charge in [0.15, 0.2) is 0 Å². The van der Waals surface area contributed by atoms with E-state index in [0.717, 1.165) is 5.69 Å². The Kier molecular flexibility index (Phi) is 5.35. The van der Waals surface area contributed by atoms with E-state index < -0.39 is 5.97 Å². The van der Waals surface area contributed by atoms with Crippen molar-refractivity contribution >= 4 is 11.7 Å². The molecule has 3 N–H and O–H groups in total. The highest BCUT2D eigenvalue weighted by Gasteiger charge is 2.22. The van der Waals surface area contributed by atoms with E-state index >= 15 is 0 Å².